The van der Waals surface area contributed by atoms with Gasteiger partial charge in [-0.3, -0.25) is 0 Å². The summed E-state index contributed by atoms with van der Waals surface area (Å²) in [5, 5.41) is 7.60. The van der Waals surface area contributed by atoms with Crippen molar-refractivity contribution in [2.45, 2.75) is 0 Å². The molecule has 0 fully saturated rings. The zero-order valence-electron chi connectivity index (χ0n) is 15.1. The number of aromatic nitrogens is 1. The van der Waals surface area contributed by atoms with E-state index < -0.39 is 0 Å². The Balaban J connectivity index is 1.86. The molecule has 28 heavy (non-hydrogen) atoms. The fraction of sp³-hybridized carbons (Fsp3) is 0. The van der Waals surface area contributed by atoms with Crippen LogP contribution in [0.2, 0.25) is 0 Å². The van der Waals surface area contributed by atoms with E-state index in [1.165, 1.54) is 49.0 Å². The Bertz CT molecular complexity index is 1520. The van der Waals surface area contributed by atoms with E-state index >= 15 is 0 Å². The SMILES string of the molecule is Brc1cc(-n2c3ccccc3c3cc4ccccc4cc32)c2ccccc2c1. The van der Waals surface area contributed by atoms with E-state index in [1.54, 1.807) is 0 Å². The van der Waals surface area contributed by atoms with E-state index in [4.69, 9.17) is 0 Å². The fourth-order valence-corrected chi connectivity index (χ4v) is 4.82. The minimum absolute atomic E-state index is 1.09. The molecule has 0 bridgehead atoms. The minimum Gasteiger partial charge on any atom is -0.309 e. The van der Waals surface area contributed by atoms with Crippen molar-refractivity contribution in [2.75, 3.05) is 0 Å². The second-order valence-corrected chi connectivity index (χ2v) is 8.13. The minimum atomic E-state index is 1.09. The summed E-state index contributed by atoms with van der Waals surface area (Å²) in [7, 11) is 0. The third kappa shape index (κ3) is 2.25. The van der Waals surface area contributed by atoms with Crippen molar-refractivity contribution in [3.63, 3.8) is 0 Å². The predicted molar refractivity (Wildman–Crippen MR) is 123 cm³/mol. The molecular weight excluding hydrogens is 406 g/mol. The summed E-state index contributed by atoms with van der Waals surface area (Å²) in [6, 6.07) is 34.9. The van der Waals surface area contributed by atoms with Crippen molar-refractivity contribution in [3.05, 3.63) is 102 Å². The quantitative estimate of drug-likeness (QED) is 0.254. The van der Waals surface area contributed by atoms with Gasteiger partial charge < -0.3 is 4.57 Å². The van der Waals surface area contributed by atoms with Gasteiger partial charge in [-0.05, 0) is 46.5 Å². The van der Waals surface area contributed by atoms with Gasteiger partial charge in [-0.2, -0.15) is 0 Å². The van der Waals surface area contributed by atoms with Gasteiger partial charge in [0, 0.05) is 20.6 Å². The molecular formula is C26H16BrN. The zero-order valence-corrected chi connectivity index (χ0v) is 16.6. The molecule has 0 aliphatic carbocycles. The van der Waals surface area contributed by atoms with Crippen molar-refractivity contribution >= 4 is 59.3 Å². The molecule has 1 heterocycles. The third-order valence-electron chi connectivity index (χ3n) is 5.59. The van der Waals surface area contributed by atoms with Crippen molar-refractivity contribution in [1.29, 1.82) is 0 Å². The summed E-state index contributed by atoms with van der Waals surface area (Å²) >= 11 is 3.72. The van der Waals surface area contributed by atoms with Crippen molar-refractivity contribution in [1.82, 2.24) is 4.57 Å². The van der Waals surface area contributed by atoms with Gasteiger partial charge in [0.25, 0.3) is 0 Å². The molecule has 132 valence electrons. The molecule has 6 rings (SSSR count). The lowest BCUT2D eigenvalue weighted by Crippen LogP contribution is -1.95. The van der Waals surface area contributed by atoms with Crippen LogP contribution in [0.15, 0.2) is 102 Å². The van der Waals surface area contributed by atoms with E-state index in [2.05, 4.69) is 118 Å². The standard InChI is InChI=1S/C26H16BrN/c27-20-13-19-9-3-4-10-21(19)26(16-20)28-24-12-6-5-11-22(24)23-14-17-7-1-2-8-18(17)15-25(23)28/h1-16H. The molecule has 0 saturated heterocycles. The first-order chi connectivity index (χ1) is 13.8. The van der Waals surface area contributed by atoms with Crippen LogP contribution in [0.25, 0.3) is 49.0 Å². The van der Waals surface area contributed by atoms with Gasteiger partial charge in [-0.15, -0.1) is 0 Å². The van der Waals surface area contributed by atoms with Crippen molar-refractivity contribution < 1.29 is 0 Å². The summed E-state index contributed by atoms with van der Waals surface area (Å²) in [4.78, 5) is 0. The average Bonchev–Trinajstić information content (AvgIpc) is 3.05. The maximum absolute atomic E-state index is 3.72. The maximum atomic E-state index is 3.72. The van der Waals surface area contributed by atoms with Crippen LogP contribution >= 0.6 is 15.9 Å². The number of hydrogen-bond donors (Lipinski definition) is 0. The Morgan fingerprint density at radius 3 is 1.96 bits per heavy atom. The van der Waals surface area contributed by atoms with Crippen LogP contribution in [0.3, 0.4) is 0 Å². The van der Waals surface area contributed by atoms with Crippen LogP contribution in [-0.4, -0.2) is 4.57 Å². The first kappa shape index (κ1) is 15.9. The molecule has 1 aromatic heterocycles. The molecule has 0 saturated carbocycles. The second kappa shape index (κ2) is 5.95. The molecule has 0 aliphatic heterocycles. The van der Waals surface area contributed by atoms with Crippen LogP contribution in [0, 0.1) is 0 Å². The normalized spacial score (nSPS) is 11.8. The molecule has 0 spiro atoms. The second-order valence-electron chi connectivity index (χ2n) is 7.22. The summed E-state index contributed by atoms with van der Waals surface area (Å²) in [6.07, 6.45) is 0. The number of para-hydroxylation sites is 1. The Labute approximate surface area is 171 Å². The lowest BCUT2D eigenvalue weighted by Gasteiger charge is -2.13. The van der Waals surface area contributed by atoms with Crippen LogP contribution in [0.1, 0.15) is 0 Å². The molecule has 6 aromatic rings. The Kier molecular flexibility index (Phi) is 3.38. The number of halogens is 1. The predicted octanol–water partition coefficient (Wildman–Crippen LogP) is 7.85. The van der Waals surface area contributed by atoms with Gasteiger partial charge in [-0.25, -0.2) is 0 Å². The number of nitrogens with zero attached hydrogens (tertiary/aromatic N) is 1. The number of rotatable bonds is 1. The van der Waals surface area contributed by atoms with E-state index in [0.29, 0.717) is 0 Å². The highest BCUT2D eigenvalue weighted by Gasteiger charge is 2.15. The lowest BCUT2D eigenvalue weighted by atomic mass is 10.1. The Morgan fingerprint density at radius 2 is 1.14 bits per heavy atom. The highest BCUT2D eigenvalue weighted by molar-refractivity contribution is 9.10. The lowest BCUT2D eigenvalue weighted by molar-refractivity contribution is 1.20. The highest BCUT2D eigenvalue weighted by atomic mass is 79.9. The van der Waals surface area contributed by atoms with E-state index in [1.807, 2.05) is 0 Å². The van der Waals surface area contributed by atoms with Gasteiger partial charge >= 0.3 is 0 Å². The van der Waals surface area contributed by atoms with Gasteiger partial charge in [0.05, 0.1) is 16.7 Å². The smallest absolute Gasteiger partial charge is 0.0551 e. The third-order valence-corrected chi connectivity index (χ3v) is 6.04. The molecule has 1 nitrogen and oxygen atoms in total. The number of benzene rings is 5. The molecule has 0 N–H and O–H groups in total. The van der Waals surface area contributed by atoms with Crippen LogP contribution in [-0.2, 0) is 0 Å². The van der Waals surface area contributed by atoms with Crippen molar-refractivity contribution in [2.24, 2.45) is 0 Å². The summed E-state index contributed by atoms with van der Waals surface area (Å²) in [6.45, 7) is 0. The van der Waals surface area contributed by atoms with Gasteiger partial charge in [0.15, 0.2) is 0 Å². The largest absolute Gasteiger partial charge is 0.309 e. The molecule has 2 heteroatoms. The molecule has 0 radical (unpaired) electrons. The van der Waals surface area contributed by atoms with Crippen LogP contribution < -0.4 is 0 Å². The first-order valence-electron chi connectivity index (χ1n) is 9.40. The Hall–Kier alpha value is -3.10. The summed E-state index contributed by atoms with van der Waals surface area (Å²) in [5.74, 6) is 0. The topological polar surface area (TPSA) is 4.93 Å². The number of hydrogen-bond acceptors (Lipinski definition) is 0. The van der Waals surface area contributed by atoms with Gasteiger partial charge in [0.1, 0.15) is 0 Å². The molecule has 0 amide bonds. The summed E-state index contributed by atoms with van der Waals surface area (Å²) < 4.78 is 3.50. The van der Waals surface area contributed by atoms with Crippen LogP contribution in [0.4, 0.5) is 0 Å². The van der Waals surface area contributed by atoms with Gasteiger partial charge in [0.2, 0.25) is 0 Å². The van der Waals surface area contributed by atoms with E-state index in [9.17, 15) is 0 Å². The summed E-state index contributed by atoms with van der Waals surface area (Å²) in [5.41, 5.74) is 3.67. The van der Waals surface area contributed by atoms with E-state index in [0.717, 1.165) is 4.47 Å². The first-order valence-corrected chi connectivity index (χ1v) is 10.2. The van der Waals surface area contributed by atoms with E-state index in [-0.39, 0.29) is 0 Å². The van der Waals surface area contributed by atoms with Crippen LogP contribution in [0.5, 0.6) is 0 Å². The Morgan fingerprint density at radius 1 is 0.500 bits per heavy atom. The molecule has 0 unspecified atom stereocenters. The average molecular weight is 422 g/mol. The molecule has 0 aliphatic rings. The highest BCUT2D eigenvalue weighted by Crippen LogP contribution is 2.37. The van der Waals surface area contributed by atoms with Gasteiger partial charge in [-0.1, -0.05) is 82.7 Å². The molecule has 0 atom stereocenters. The number of fused-ring (bicyclic) bond motifs is 5. The maximum Gasteiger partial charge on any atom is 0.0551 e. The zero-order chi connectivity index (χ0) is 18.7. The monoisotopic (exact) mass is 421 g/mol. The van der Waals surface area contributed by atoms with Crippen molar-refractivity contribution in [3.8, 4) is 5.69 Å². The fourth-order valence-electron chi connectivity index (χ4n) is 4.35. The molecule has 5 aromatic carbocycles.